The molecule has 0 aliphatic carbocycles. The number of nitrogens with one attached hydrogen (secondary N) is 3. The average Bonchev–Trinajstić information content (AvgIpc) is 2.62. The van der Waals surface area contributed by atoms with Crippen LogP contribution >= 0.6 is 27.5 Å². The van der Waals surface area contributed by atoms with Crippen molar-refractivity contribution in [3.63, 3.8) is 0 Å². The summed E-state index contributed by atoms with van der Waals surface area (Å²) in [6, 6.07) is 20.4. The Morgan fingerprint density at radius 3 is 2.58 bits per heavy atom. The van der Waals surface area contributed by atoms with Gasteiger partial charge >= 0.3 is 0 Å². The van der Waals surface area contributed by atoms with Gasteiger partial charge in [0, 0.05) is 17.1 Å². The number of benzene rings is 2. The van der Waals surface area contributed by atoms with E-state index < -0.39 is 0 Å². The number of hydrogen-bond acceptors (Lipinski definition) is 3. The Morgan fingerprint density at radius 1 is 1.04 bits per heavy atom. The van der Waals surface area contributed by atoms with Crippen molar-refractivity contribution >= 4 is 39.3 Å². The first kappa shape index (κ1) is 18.2. The van der Waals surface area contributed by atoms with Gasteiger partial charge in [0.15, 0.2) is 5.96 Å². The molecule has 0 spiro atoms. The van der Waals surface area contributed by atoms with Crippen molar-refractivity contribution in [2.45, 2.75) is 6.54 Å². The largest absolute Gasteiger partial charge is 0.457 e. The fourth-order valence-electron chi connectivity index (χ4n) is 2.25. The van der Waals surface area contributed by atoms with Crippen LogP contribution in [0.15, 0.2) is 71.3 Å². The maximum absolute atomic E-state index is 8.05. The third-order valence-corrected chi connectivity index (χ3v) is 4.25. The van der Waals surface area contributed by atoms with Crippen LogP contribution in [0.3, 0.4) is 0 Å². The number of pyridine rings is 1. The normalized spacial score (nSPS) is 10.2. The molecule has 0 atom stereocenters. The van der Waals surface area contributed by atoms with Gasteiger partial charge in [0.2, 0.25) is 0 Å². The first-order valence-electron chi connectivity index (χ1n) is 7.84. The lowest BCUT2D eigenvalue weighted by molar-refractivity contribution is 0.475. The fourth-order valence-corrected chi connectivity index (χ4v) is 2.82. The molecule has 0 aliphatic heterocycles. The van der Waals surface area contributed by atoms with Crippen LogP contribution < -0.4 is 15.4 Å². The molecule has 26 heavy (non-hydrogen) atoms. The molecule has 7 heteroatoms. The second-order valence-corrected chi connectivity index (χ2v) is 6.55. The average molecular weight is 432 g/mol. The fraction of sp³-hybridized carbons (Fsp3) is 0.0526. The number of rotatable bonds is 5. The van der Waals surface area contributed by atoms with Crippen LogP contribution in [-0.4, -0.2) is 10.9 Å². The van der Waals surface area contributed by atoms with E-state index in [1.165, 1.54) is 0 Å². The van der Waals surface area contributed by atoms with Crippen LogP contribution in [0.1, 0.15) is 5.56 Å². The lowest BCUT2D eigenvalue weighted by Crippen LogP contribution is -2.29. The van der Waals surface area contributed by atoms with Crippen molar-refractivity contribution in [3.05, 3.63) is 81.9 Å². The monoisotopic (exact) mass is 430 g/mol. The molecule has 132 valence electrons. The number of aromatic nitrogens is 1. The van der Waals surface area contributed by atoms with Crippen molar-refractivity contribution in [1.82, 2.24) is 10.3 Å². The van der Waals surface area contributed by atoms with Crippen molar-refractivity contribution < 1.29 is 4.74 Å². The van der Waals surface area contributed by atoms with Crippen molar-refractivity contribution in [2.24, 2.45) is 0 Å². The summed E-state index contributed by atoms with van der Waals surface area (Å²) < 4.78 is 6.62. The number of halogens is 2. The maximum Gasteiger partial charge on any atom is 0.194 e. The first-order chi connectivity index (χ1) is 12.6. The first-order valence-corrected chi connectivity index (χ1v) is 9.01. The van der Waals surface area contributed by atoms with Crippen LogP contribution in [0.5, 0.6) is 11.5 Å². The number of para-hydroxylation sites is 1. The zero-order valence-corrected chi connectivity index (χ0v) is 16.0. The van der Waals surface area contributed by atoms with Crippen LogP contribution in [0, 0.1) is 5.41 Å². The molecule has 1 heterocycles. The highest BCUT2D eigenvalue weighted by Gasteiger charge is 2.10. The van der Waals surface area contributed by atoms with Crippen LogP contribution in [0.25, 0.3) is 0 Å². The highest BCUT2D eigenvalue weighted by atomic mass is 79.9. The summed E-state index contributed by atoms with van der Waals surface area (Å²) in [6.07, 6.45) is 0. The van der Waals surface area contributed by atoms with Gasteiger partial charge in [-0.3, -0.25) is 5.41 Å². The van der Waals surface area contributed by atoms with Gasteiger partial charge in [0.05, 0.1) is 0 Å². The minimum atomic E-state index is 0.112. The van der Waals surface area contributed by atoms with E-state index in [1.807, 2.05) is 54.6 Å². The van der Waals surface area contributed by atoms with Gasteiger partial charge < -0.3 is 15.4 Å². The third-order valence-electron chi connectivity index (χ3n) is 3.46. The molecule has 3 aromatic rings. The molecule has 1 aromatic heterocycles. The molecule has 0 aliphatic rings. The van der Waals surface area contributed by atoms with E-state index >= 15 is 0 Å². The van der Waals surface area contributed by atoms with E-state index in [2.05, 4.69) is 31.5 Å². The Kier molecular flexibility index (Phi) is 6.09. The summed E-state index contributed by atoms with van der Waals surface area (Å²) in [5, 5.41) is 14.5. The highest BCUT2D eigenvalue weighted by Crippen LogP contribution is 2.30. The molecule has 5 nitrogen and oxygen atoms in total. The molecule has 0 unspecified atom stereocenters. The van der Waals surface area contributed by atoms with Crippen LogP contribution in [0.2, 0.25) is 5.02 Å². The lowest BCUT2D eigenvalue weighted by atomic mass is 10.2. The summed E-state index contributed by atoms with van der Waals surface area (Å²) in [6.45, 7) is 0.335. The Labute approximate surface area is 165 Å². The summed E-state index contributed by atoms with van der Waals surface area (Å²) in [7, 11) is 0. The van der Waals surface area contributed by atoms with Gasteiger partial charge in [0.25, 0.3) is 0 Å². The summed E-state index contributed by atoms with van der Waals surface area (Å²) in [4.78, 5) is 4.23. The van der Waals surface area contributed by atoms with E-state index in [4.69, 9.17) is 21.7 Å². The molecule has 3 N–H and O–H groups in total. The van der Waals surface area contributed by atoms with Gasteiger partial charge in [-0.2, -0.15) is 0 Å². The van der Waals surface area contributed by atoms with E-state index in [0.717, 1.165) is 11.3 Å². The number of nitrogens with zero attached hydrogens (tertiary/aromatic N) is 1. The van der Waals surface area contributed by atoms with Gasteiger partial charge in [-0.1, -0.05) is 41.9 Å². The highest BCUT2D eigenvalue weighted by molar-refractivity contribution is 9.10. The molecule has 0 amide bonds. The number of hydrogen-bond donors (Lipinski definition) is 3. The maximum atomic E-state index is 8.05. The zero-order chi connectivity index (χ0) is 18.4. The standard InChI is InChI=1S/C19H16BrClN4O/c20-17-10-5-11-18(24-17)25-19(22)23-12-14-15(21)8-4-9-16(14)26-13-6-2-1-3-7-13/h1-11H,12H2,(H3,22,23,24,25). The van der Waals surface area contributed by atoms with Gasteiger partial charge in [0.1, 0.15) is 21.9 Å². The number of guanidine groups is 1. The van der Waals surface area contributed by atoms with E-state index in [-0.39, 0.29) is 5.96 Å². The molecule has 2 aromatic carbocycles. The number of ether oxygens (including phenoxy) is 1. The quantitative estimate of drug-likeness (QED) is 0.286. The van der Waals surface area contributed by atoms with Gasteiger partial charge in [-0.15, -0.1) is 0 Å². The predicted molar refractivity (Wildman–Crippen MR) is 108 cm³/mol. The Hall–Kier alpha value is -2.57. The Bertz CT molecular complexity index is 905. The number of anilines is 1. The van der Waals surface area contributed by atoms with Crippen LogP contribution in [-0.2, 0) is 6.54 Å². The van der Waals surface area contributed by atoms with Gasteiger partial charge in [-0.25, -0.2) is 4.98 Å². The molecule has 3 rings (SSSR count). The topological polar surface area (TPSA) is 70.0 Å². The second kappa shape index (κ2) is 8.69. The summed E-state index contributed by atoms with van der Waals surface area (Å²) in [5.41, 5.74) is 0.770. The summed E-state index contributed by atoms with van der Waals surface area (Å²) >= 11 is 9.63. The van der Waals surface area contributed by atoms with E-state index in [9.17, 15) is 0 Å². The summed E-state index contributed by atoms with van der Waals surface area (Å²) in [5.74, 6) is 2.05. The molecule has 0 bridgehead atoms. The van der Waals surface area contributed by atoms with E-state index in [0.29, 0.717) is 27.7 Å². The Morgan fingerprint density at radius 2 is 1.81 bits per heavy atom. The van der Waals surface area contributed by atoms with Crippen molar-refractivity contribution in [3.8, 4) is 11.5 Å². The van der Waals surface area contributed by atoms with Crippen molar-refractivity contribution in [1.29, 1.82) is 5.41 Å². The lowest BCUT2D eigenvalue weighted by Gasteiger charge is -2.15. The minimum Gasteiger partial charge on any atom is -0.457 e. The molecule has 0 fully saturated rings. The smallest absolute Gasteiger partial charge is 0.194 e. The minimum absolute atomic E-state index is 0.112. The van der Waals surface area contributed by atoms with Crippen LogP contribution in [0.4, 0.5) is 5.82 Å². The molecule has 0 radical (unpaired) electrons. The Balaban J connectivity index is 1.68. The van der Waals surface area contributed by atoms with Gasteiger partial charge in [-0.05, 0) is 52.3 Å². The third kappa shape index (κ3) is 4.97. The SMILES string of the molecule is N=C(NCc1c(Cl)cccc1Oc1ccccc1)Nc1cccc(Br)n1. The molecular weight excluding hydrogens is 416 g/mol. The molecule has 0 saturated carbocycles. The second-order valence-electron chi connectivity index (χ2n) is 5.33. The predicted octanol–water partition coefficient (Wildman–Crippen LogP) is 5.43. The van der Waals surface area contributed by atoms with E-state index in [1.54, 1.807) is 12.1 Å². The van der Waals surface area contributed by atoms with Crippen molar-refractivity contribution in [2.75, 3.05) is 5.32 Å². The molecule has 0 saturated heterocycles. The molecular formula is C19H16BrClN4O. The zero-order valence-electron chi connectivity index (χ0n) is 13.7.